The number of halogens is 3. The van der Waals surface area contributed by atoms with E-state index in [1.54, 1.807) is 6.92 Å². The van der Waals surface area contributed by atoms with E-state index in [1.807, 2.05) is 19.0 Å². The van der Waals surface area contributed by atoms with E-state index >= 15 is 0 Å². The second-order valence-corrected chi connectivity index (χ2v) is 7.45. The number of hydrogen-bond acceptors (Lipinski definition) is 4. The molecule has 1 aliphatic carbocycles. The van der Waals surface area contributed by atoms with Gasteiger partial charge in [0.05, 0.1) is 21.1 Å². The van der Waals surface area contributed by atoms with Crippen molar-refractivity contribution in [3.05, 3.63) is 38.3 Å². The summed E-state index contributed by atoms with van der Waals surface area (Å²) in [6.45, 7) is 1.97. The molecule has 1 unspecified atom stereocenters. The fraction of sp³-hybridized carbons (Fsp3) is 0.471. The lowest BCUT2D eigenvalue weighted by atomic mass is 9.96. The summed E-state index contributed by atoms with van der Waals surface area (Å²) in [6, 6.07) is 3.03. The van der Waals surface area contributed by atoms with Gasteiger partial charge in [0.15, 0.2) is 12.1 Å². The van der Waals surface area contributed by atoms with E-state index in [4.69, 9.17) is 39.5 Å². The van der Waals surface area contributed by atoms with Gasteiger partial charge in [-0.15, -0.1) is 0 Å². The number of benzene rings is 1. The van der Waals surface area contributed by atoms with Crippen LogP contribution in [0.5, 0.6) is 0 Å². The molecule has 4 N–H and O–H groups in total. The minimum Gasteiger partial charge on any atom is -0.364 e. The molecule has 1 aromatic carbocycles. The summed E-state index contributed by atoms with van der Waals surface area (Å²) in [5.41, 5.74) is 4.00. The van der Waals surface area contributed by atoms with E-state index in [1.165, 1.54) is 12.1 Å². The molecule has 0 heterocycles. The maximum absolute atomic E-state index is 13.2. The first kappa shape index (κ1) is 20.6. The number of rotatable bonds is 7. The number of carbonyl (C=O) groups excluding carboxylic acids is 1. The summed E-state index contributed by atoms with van der Waals surface area (Å²) in [4.78, 5) is 15.1. The van der Waals surface area contributed by atoms with Crippen molar-refractivity contribution in [1.82, 2.24) is 4.90 Å². The Hall–Kier alpha value is -0.660. The highest BCUT2D eigenvalue weighted by Gasteiger charge is 2.54. The van der Waals surface area contributed by atoms with Crippen molar-refractivity contribution < 1.29 is 20.4 Å². The van der Waals surface area contributed by atoms with Crippen LogP contribution in [0.4, 0.5) is 0 Å². The Morgan fingerprint density at radius 2 is 1.84 bits per heavy atom. The fourth-order valence-corrected chi connectivity index (χ4v) is 3.90. The quantitative estimate of drug-likeness (QED) is 0.537. The van der Waals surface area contributed by atoms with Crippen LogP contribution in [-0.2, 0) is 9.53 Å². The molecule has 1 atom stereocenters. The highest BCUT2D eigenvalue weighted by molar-refractivity contribution is 6.40. The van der Waals surface area contributed by atoms with E-state index in [0.29, 0.717) is 23.4 Å². The van der Waals surface area contributed by atoms with Crippen LogP contribution < -0.4 is 5.73 Å². The zero-order chi connectivity index (χ0) is 18.9. The average Bonchev–Trinajstić information content (AvgIpc) is 3.28. The third kappa shape index (κ3) is 4.03. The zero-order valence-corrected chi connectivity index (χ0v) is 16.7. The average molecular weight is 409 g/mol. The van der Waals surface area contributed by atoms with Gasteiger partial charge in [-0.05, 0) is 46.0 Å². The summed E-state index contributed by atoms with van der Waals surface area (Å²) in [6.07, 6.45) is -0.00202. The van der Waals surface area contributed by atoms with Crippen molar-refractivity contribution >= 4 is 46.3 Å². The predicted octanol–water partition coefficient (Wildman–Crippen LogP) is 2.62. The predicted molar refractivity (Wildman–Crippen MR) is 99.6 cm³/mol. The number of ether oxygens (including phenoxy) is 1. The molecule has 0 radical (unpaired) electrons. The maximum atomic E-state index is 13.2. The van der Waals surface area contributed by atoms with Crippen LogP contribution in [0.25, 0.3) is 5.70 Å². The number of nitrogens with zero attached hydrogens (tertiary/aromatic N) is 1. The molecule has 138 valence electrons. The Bertz CT molecular complexity index is 692. The second-order valence-electron chi connectivity index (χ2n) is 6.20. The van der Waals surface area contributed by atoms with Crippen LogP contribution in [0.3, 0.4) is 0 Å². The van der Waals surface area contributed by atoms with Crippen molar-refractivity contribution in [3.8, 4) is 0 Å². The van der Waals surface area contributed by atoms with Gasteiger partial charge in [-0.25, -0.2) is 0 Å². The Morgan fingerprint density at radius 1 is 1.32 bits per heavy atom. The van der Waals surface area contributed by atoms with Gasteiger partial charge in [0.1, 0.15) is 11.3 Å². The molecule has 25 heavy (non-hydrogen) atoms. The molecule has 1 aliphatic rings. The summed E-state index contributed by atoms with van der Waals surface area (Å²) >= 11 is 18.5. The van der Waals surface area contributed by atoms with Crippen LogP contribution in [0.2, 0.25) is 15.1 Å². The molecular formula is C17H22Cl3N2O3+. The topological polar surface area (TPSA) is 77.4 Å². The van der Waals surface area contributed by atoms with E-state index in [-0.39, 0.29) is 33.7 Å². The Labute approximate surface area is 162 Å². The molecule has 1 aromatic rings. The standard InChI is InChI=1S/C17H21Cl3N2O3/c1-4-25-16(24)13(15(23)17(5-6-17)22(2)3)14(21)12-10(19)7-9(18)8-11(12)20/h7-8,16,24H,4-6,21H2,1-3H3/p+1. The lowest BCUT2D eigenvalue weighted by Crippen LogP contribution is -2.51. The van der Waals surface area contributed by atoms with Gasteiger partial charge >= 0.3 is 0 Å². The molecule has 2 rings (SSSR count). The fourth-order valence-electron chi connectivity index (χ4n) is 2.85. The zero-order valence-electron chi connectivity index (χ0n) is 14.4. The van der Waals surface area contributed by atoms with Crippen molar-refractivity contribution in [2.45, 2.75) is 31.6 Å². The minimum absolute atomic E-state index is 0.0687. The smallest absolute Gasteiger partial charge is 0.190 e. The minimum atomic E-state index is -1.41. The Kier molecular flexibility index (Phi) is 6.55. The van der Waals surface area contributed by atoms with Crippen LogP contribution in [0.15, 0.2) is 17.7 Å². The molecule has 1 saturated carbocycles. The summed E-state index contributed by atoms with van der Waals surface area (Å²) in [5.74, 6) is -0.231. The molecule has 0 amide bonds. The molecule has 0 aromatic heterocycles. The van der Waals surface area contributed by atoms with Gasteiger partial charge in [0.25, 0.3) is 0 Å². The highest BCUT2D eigenvalue weighted by atomic mass is 35.5. The molecular weight excluding hydrogens is 387 g/mol. The van der Waals surface area contributed by atoms with Gasteiger partial charge in [-0.2, -0.15) is 0 Å². The SMILES string of the molecule is CCOC(O)C(C(=O)C1(N(C)C)CC1)=C([NH3+])c1c(Cl)cc(Cl)cc1Cl. The largest absolute Gasteiger partial charge is 0.364 e. The molecule has 0 spiro atoms. The van der Waals surface area contributed by atoms with Crippen molar-refractivity contribution in [1.29, 1.82) is 0 Å². The number of aliphatic hydroxyl groups excluding tert-OH is 1. The van der Waals surface area contributed by atoms with Gasteiger partial charge in [-0.3, -0.25) is 9.69 Å². The van der Waals surface area contributed by atoms with Crippen LogP contribution in [0, 0.1) is 0 Å². The normalized spacial score (nSPS) is 18.1. The van der Waals surface area contributed by atoms with E-state index < -0.39 is 11.8 Å². The van der Waals surface area contributed by atoms with E-state index in [0.717, 1.165) is 0 Å². The number of hydrogen-bond donors (Lipinski definition) is 2. The number of carbonyl (C=O) groups is 1. The first-order valence-corrected chi connectivity index (χ1v) is 9.02. The van der Waals surface area contributed by atoms with Gasteiger partial charge < -0.3 is 15.6 Å². The van der Waals surface area contributed by atoms with Crippen molar-refractivity contribution in [2.24, 2.45) is 0 Å². The molecule has 0 saturated heterocycles. The first-order chi connectivity index (χ1) is 11.7. The first-order valence-electron chi connectivity index (χ1n) is 7.88. The molecule has 0 bridgehead atoms. The monoisotopic (exact) mass is 407 g/mol. The van der Waals surface area contributed by atoms with Gasteiger partial charge in [0, 0.05) is 11.6 Å². The lowest BCUT2D eigenvalue weighted by Gasteiger charge is -2.25. The number of Topliss-reactive ketones (excluding diaryl/α,β-unsaturated/α-hetero) is 1. The molecule has 8 heteroatoms. The van der Waals surface area contributed by atoms with Crippen molar-refractivity contribution in [3.63, 3.8) is 0 Å². The van der Waals surface area contributed by atoms with Crippen LogP contribution in [0.1, 0.15) is 25.3 Å². The van der Waals surface area contributed by atoms with E-state index in [9.17, 15) is 9.90 Å². The third-order valence-electron chi connectivity index (χ3n) is 4.45. The molecule has 5 nitrogen and oxygen atoms in total. The Morgan fingerprint density at radius 3 is 2.24 bits per heavy atom. The Balaban J connectivity index is 2.62. The van der Waals surface area contributed by atoms with Crippen LogP contribution in [-0.4, -0.2) is 48.3 Å². The van der Waals surface area contributed by atoms with E-state index in [2.05, 4.69) is 5.73 Å². The molecule has 1 fully saturated rings. The number of likely N-dealkylation sites (N-methyl/N-ethyl adjacent to an activating group) is 1. The summed E-state index contributed by atoms with van der Waals surface area (Å²) < 4.78 is 5.28. The number of quaternary nitrogens is 1. The molecule has 0 aliphatic heterocycles. The van der Waals surface area contributed by atoms with Crippen molar-refractivity contribution in [2.75, 3.05) is 20.7 Å². The lowest BCUT2D eigenvalue weighted by molar-refractivity contribution is -0.247. The highest BCUT2D eigenvalue weighted by Crippen LogP contribution is 2.44. The van der Waals surface area contributed by atoms with Crippen LogP contribution >= 0.6 is 34.8 Å². The second kappa shape index (κ2) is 7.92. The van der Waals surface area contributed by atoms with Gasteiger partial charge in [0.2, 0.25) is 0 Å². The number of aliphatic hydroxyl groups is 1. The third-order valence-corrected chi connectivity index (χ3v) is 5.27. The van der Waals surface area contributed by atoms with Gasteiger partial charge in [-0.1, -0.05) is 34.8 Å². The summed E-state index contributed by atoms with van der Waals surface area (Å²) in [5, 5.41) is 11.3. The maximum Gasteiger partial charge on any atom is 0.190 e. The number of ketones is 1. The summed E-state index contributed by atoms with van der Waals surface area (Å²) in [7, 11) is 3.67.